The van der Waals surface area contributed by atoms with Crippen LogP contribution in [0.1, 0.15) is 22.5 Å². The maximum Gasteiger partial charge on any atom is 0.186 e. The third kappa shape index (κ3) is 2.90. The second kappa shape index (κ2) is 5.57. The first kappa shape index (κ1) is 11.8. The lowest BCUT2D eigenvalue weighted by Crippen LogP contribution is -2.46. The van der Waals surface area contributed by atoms with Gasteiger partial charge in [-0.1, -0.05) is 6.07 Å². The average molecular weight is 238 g/mol. The minimum atomic E-state index is 0.256. The quantitative estimate of drug-likeness (QED) is 0.809. The zero-order valence-electron chi connectivity index (χ0n) is 9.61. The lowest BCUT2D eigenvalue weighted by Gasteiger charge is -2.31. The van der Waals surface area contributed by atoms with Gasteiger partial charge in [0.2, 0.25) is 0 Å². The van der Waals surface area contributed by atoms with Crippen LogP contribution in [0.4, 0.5) is 0 Å². The van der Waals surface area contributed by atoms with Crippen molar-refractivity contribution in [3.05, 3.63) is 22.4 Å². The molecule has 1 aliphatic heterocycles. The Hall–Kier alpha value is -0.710. The Labute approximate surface area is 100 Å². The number of rotatable bonds is 4. The van der Waals surface area contributed by atoms with Gasteiger partial charge in [-0.3, -0.25) is 9.69 Å². The summed E-state index contributed by atoms with van der Waals surface area (Å²) in [6.45, 7) is 2.61. The van der Waals surface area contributed by atoms with E-state index >= 15 is 0 Å². The van der Waals surface area contributed by atoms with E-state index in [0.717, 1.165) is 18.0 Å². The molecule has 0 bridgehead atoms. The van der Waals surface area contributed by atoms with Crippen molar-refractivity contribution in [3.8, 4) is 0 Å². The summed E-state index contributed by atoms with van der Waals surface area (Å²) >= 11 is 1.53. The molecule has 0 aromatic carbocycles. The van der Waals surface area contributed by atoms with Gasteiger partial charge in [0.1, 0.15) is 0 Å². The summed E-state index contributed by atoms with van der Waals surface area (Å²) in [5.41, 5.74) is 0. The second-order valence-electron chi connectivity index (χ2n) is 4.26. The first-order chi connectivity index (χ1) is 7.79. The van der Waals surface area contributed by atoms with E-state index in [1.165, 1.54) is 24.2 Å². The van der Waals surface area contributed by atoms with Gasteiger partial charge in [0.25, 0.3) is 0 Å². The van der Waals surface area contributed by atoms with Gasteiger partial charge in [-0.2, -0.15) is 0 Å². The fourth-order valence-corrected chi connectivity index (χ4v) is 2.81. The van der Waals surface area contributed by atoms with Gasteiger partial charge in [0, 0.05) is 12.6 Å². The molecule has 1 aromatic heterocycles. The van der Waals surface area contributed by atoms with Gasteiger partial charge < -0.3 is 5.32 Å². The monoisotopic (exact) mass is 238 g/mol. The molecule has 0 aliphatic carbocycles. The number of hydrogen-bond acceptors (Lipinski definition) is 4. The maximum absolute atomic E-state index is 11.9. The van der Waals surface area contributed by atoms with Crippen LogP contribution in [0.2, 0.25) is 0 Å². The van der Waals surface area contributed by atoms with Crippen LogP contribution < -0.4 is 5.32 Å². The van der Waals surface area contributed by atoms with Crippen LogP contribution in [-0.4, -0.2) is 43.4 Å². The number of thiophene rings is 1. The topological polar surface area (TPSA) is 32.3 Å². The molecule has 1 N–H and O–H groups in total. The summed E-state index contributed by atoms with van der Waals surface area (Å²) in [6, 6.07) is 4.39. The summed E-state index contributed by atoms with van der Waals surface area (Å²) < 4.78 is 0. The molecule has 88 valence electrons. The van der Waals surface area contributed by atoms with Gasteiger partial charge in [-0.05, 0) is 37.9 Å². The van der Waals surface area contributed by atoms with Gasteiger partial charge in [-0.25, -0.2) is 0 Å². The van der Waals surface area contributed by atoms with E-state index in [1.54, 1.807) is 0 Å². The van der Waals surface area contributed by atoms with Gasteiger partial charge in [0.05, 0.1) is 11.4 Å². The third-order valence-corrected chi connectivity index (χ3v) is 3.99. The molecule has 1 atom stereocenters. The van der Waals surface area contributed by atoms with Crippen LogP contribution in [-0.2, 0) is 0 Å². The van der Waals surface area contributed by atoms with Crippen LogP contribution >= 0.6 is 11.3 Å². The summed E-state index contributed by atoms with van der Waals surface area (Å²) in [4.78, 5) is 15.1. The summed E-state index contributed by atoms with van der Waals surface area (Å²) in [6.07, 6.45) is 2.41. The molecule has 1 fully saturated rings. The number of carbonyl (C=O) groups is 1. The van der Waals surface area contributed by atoms with E-state index in [1.807, 2.05) is 24.6 Å². The van der Waals surface area contributed by atoms with E-state index in [0.29, 0.717) is 12.6 Å². The zero-order chi connectivity index (χ0) is 11.4. The molecule has 4 heteroatoms. The predicted octanol–water partition coefficient (Wildman–Crippen LogP) is 1.61. The molecular formula is C12H18N2OS. The molecule has 16 heavy (non-hydrogen) atoms. The molecule has 1 aromatic rings. The van der Waals surface area contributed by atoms with Crippen molar-refractivity contribution in [2.24, 2.45) is 0 Å². The summed E-state index contributed by atoms with van der Waals surface area (Å²) in [5, 5.41) is 5.25. The second-order valence-corrected chi connectivity index (χ2v) is 5.21. The highest BCUT2D eigenvalue weighted by atomic mass is 32.1. The van der Waals surface area contributed by atoms with Crippen LogP contribution in [0.15, 0.2) is 17.5 Å². The number of likely N-dealkylation sites (tertiary alicyclic amines) is 1. The van der Waals surface area contributed by atoms with Gasteiger partial charge in [-0.15, -0.1) is 11.3 Å². The van der Waals surface area contributed by atoms with Crippen molar-refractivity contribution < 1.29 is 4.79 Å². The van der Waals surface area contributed by atoms with Crippen molar-refractivity contribution in [3.63, 3.8) is 0 Å². The van der Waals surface area contributed by atoms with Crippen LogP contribution in [0.3, 0.4) is 0 Å². The van der Waals surface area contributed by atoms with Gasteiger partial charge >= 0.3 is 0 Å². The number of hydrogen-bond donors (Lipinski definition) is 1. The van der Waals surface area contributed by atoms with Crippen molar-refractivity contribution >= 4 is 17.1 Å². The fourth-order valence-electron chi connectivity index (χ4n) is 2.15. The van der Waals surface area contributed by atoms with E-state index in [-0.39, 0.29) is 5.78 Å². The van der Waals surface area contributed by atoms with E-state index < -0.39 is 0 Å². The Morgan fingerprint density at radius 2 is 2.56 bits per heavy atom. The molecule has 2 rings (SSSR count). The van der Waals surface area contributed by atoms with E-state index in [9.17, 15) is 4.79 Å². The average Bonchev–Trinajstić information content (AvgIpc) is 2.83. The Kier molecular flexibility index (Phi) is 4.09. The molecule has 3 nitrogen and oxygen atoms in total. The molecule has 1 unspecified atom stereocenters. The van der Waals surface area contributed by atoms with Crippen molar-refractivity contribution in [2.45, 2.75) is 18.9 Å². The van der Waals surface area contributed by atoms with Crippen LogP contribution in [0, 0.1) is 0 Å². The van der Waals surface area contributed by atoms with Crippen LogP contribution in [0.5, 0.6) is 0 Å². The van der Waals surface area contributed by atoms with E-state index in [2.05, 4.69) is 10.2 Å². The first-order valence-electron chi connectivity index (χ1n) is 5.76. The maximum atomic E-state index is 11.9. The first-order valence-corrected chi connectivity index (χ1v) is 6.64. The molecule has 0 spiro atoms. The highest BCUT2D eigenvalue weighted by Crippen LogP contribution is 2.13. The number of nitrogens with one attached hydrogen (secondary N) is 1. The fraction of sp³-hybridized carbons (Fsp3) is 0.583. The number of nitrogens with zero attached hydrogens (tertiary/aromatic N) is 1. The molecule has 0 radical (unpaired) electrons. The molecular weight excluding hydrogens is 220 g/mol. The normalized spacial score (nSPS) is 22.2. The number of ketones is 1. The third-order valence-electron chi connectivity index (χ3n) is 3.08. The Morgan fingerprint density at radius 1 is 1.69 bits per heavy atom. The Morgan fingerprint density at radius 3 is 3.25 bits per heavy atom. The van der Waals surface area contributed by atoms with Gasteiger partial charge in [0.15, 0.2) is 5.78 Å². The van der Waals surface area contributed by atoms with Crippen LogP contribution in [0.25, 0.3) is 0 Å². The summed E-state index contributed by atoms with van der Waals surface area (Å²) in [7, 11) is 2.00. The SMILES string of the molecule is CNC1CCCN(CC(=O)c2cccs2)C1. The smallest absolute Gasteiger partial charge is 0.186 e. The lowest BCUT2D eigenvalue weighted by molar-refractivity contribution is 0.0906. The number of likely N-dealkylation sites (N-methyl/N-ethyl adjacent to an activating group) is 1. The lowest BCUT2D eigenvalue weighted by atomic mass is 10.1. The molecule has 0 amide bonds. The number of piperidine rings is 1. The summed E-state index contributed by atoms with van der Waals surface area (Å²) in [5.74, 6) is 0.256. The van der Waals surface area contributed by atoms with Crippen molar-refractivity contribution in [1.29, 1.82) is 0 Å². The minimum absolute atomic E-state index is 0.256. The Balaban J connectivity index is 1.87. The largest absolute Gasteiger partial charge is 0.316 e. The molecule has 2 heterocycles. The Bertz CT molecular complexity index is 337. The standard InChI is InChI=1S/C12H18N2OS/c1-13-10-4-2-6-14(8-10)9-11(15)12-5-3-7-16-12/h3,5,7,10,13H,2,4,6,8-9H2,1H3. The minimum Gasteiger partial charge on any atom is -0.316 e. The predicted molar refractivity (Wildman–Crippen MR) is 67.2 cm³/mol. The van der Waals surface area contributed by atoms with Crippen molar-refractivity contribution in [1.82, 2.24) is 10.2 Å². The zero-order valence-corrected chi connectivity index (χ0v) is 10.4. The number of carbonyl (C=O) groups excluding carboxylic acids is 1. The molecule has 1 aliphatic rings. The van der Waals surface area contributed by atoms with E-state index in [4.69, 9.17) is 0 Å². The molecule has 0 saturated carbocycles. The van der Waals surface area contributed by atoms with Crippen molar-refractivity contribution in [2.75, 3.05) is 26.7 Å². The molecule has 1 saturated heterocycles. The highest BCUT2D eigenvalue weighted by molar-refractivity contribution is 7.12. The number of Topliss-reactive ketones (excluding diaryl/α,β-unsaturated/α-hetero) is 1. The highest BCUT2D eigenvalue weighted by Gasteiger charge is 2.20.